The fraction of sp³-hybridized carbons (Fsp3) is 0.571. The number of benzene rings is 1. The first-order valence-corrected chi connectivity index (χ1v) is 8.28. The fourth-order valence-corrected chi connectivity index (χ4v) is 3.39. The van der Waals surface area contributed by atoms with Crippen molar-refractivity contribution in [2.45, 2.75) is 24.3 Å². The van der Waals surface area contributed by atoms with Gasteiger partial charge in [-0.2, -0.15) is 0 Å². The first-order valence-electron chi connectivity index (χ1n) is 6.84. The highest BCUT2D eigenvalue weighted by molar-refractivity contribution is 7.89. The largest absolute Gasteiger partial charge is 0.397 e. The number of hydrogen-bond donors (Lipinski definition) is 1. The van der Waals surface area contributed by atoms with Crippen molar-refractivity contribution in [2.24, 2.45) is 0 Å². The Hall–Kier alpha value is -1.31. The van der Waals surface area contributed by atoms with Gasteiger partial charge in [0.1, 0.15) is 0 Å². The summed E-state index contributed by atoms with van der Waals surface area (Å²) < 4.78 is 31.0. The third-order valence-electron chi connectivity index (χ3n) is 3.71. The summed E-state index contributed by atoms with van der Waals surface area (Å²) in [6.07, 6.45) is 0. The van der Waals surface area contributed by atoms with Crippen LogP contribution in [0.25, 0.3) is 0 Å². The molecule has 0 aliphatic carbocycles. The van der Waals surface area contributed by atoms with Gasteiger partial charge in [0.25, 0.3) is 0 Å². The number of ether oxygens (including phenoxy) is 1. The molecule has 2 rings (SSSR count). The smallest absolute Gasteiger partial charge is 0.242 e. The third-order valence-corrected chi connectivity index (χ3v) is 5.52. The maximum Gasteiger partial charge on any atom is 0.242 e. The molecule has 21 heavy (non-hydrogen) atoms. The number of hydrogen-bond acceptors (Lipinski definition) is 5. The van der Waals surface area contributed by atoms with E-state index in [-0.39, 0.29) is 10.4 Å². The lowest BCUT2D eigenvalue weighted by molar-refractivity contribution is 0.0645. The lowest BCUT2D eigenvalue weighted by atomic mass is 10.0. The summed E-state index contributed by atoms with van der Waals surface area (Å²) in [6, 6.07) is 4.90. The van der Waals surface area contributed by atoms with Crippen LogP contribution in [0.5, 0.6) is 0 Å². The number of nitrogens with zero attached hydrogens (tertiary/aromatic N) is 2. The van der Waals surface area contributed by atoms with Crippen LogP contribution in [0.2, 0.25) is 0 Å². The first kappa shape index (κ1) is 16.1. The van der Waals surface area contributed by atoms with Crippen molar-refractivity contribution in [1.82, 2.24) is 4.31 Å². The lowest BCUT2D eigenvalue weighted by Crippen LogP contribution is -2.53. The predicted molar refractivity (Wildman–Crippen MR) is 84.0 cm³/mol. The highest BCUT2D eigenvalue weighted by Crippen LogP contribution is 2.33. The molecule has 0 spiro atoms. The van der Waals surface area contributed by atoms with Gasteiger partial charge in [-0.15, -0.1) is 0 Å². The van der Waals surface area contributed by atoms with Gasteiger partial charge in [0, 0.05) is 20.6 Å². The molecule has 1 saturated heterocycles. The van der Waals surface area contributed by atoms with Crippen LogP contribution in [0, 0.1) is 0 Å². The van der Waals surface area contributed by atoms with Gasteiger partial charge in [0.05, 0.1) is 35.0 Å². The van der Waals surface area contributed by atoms with E-state index in [1.165, 1.54) is 24.5 Å². The minimum Gasteiger partial charge on any atom is -0.397 e. The molecule has 0 amide bonds. The highest BCUT2D eigenvalue weighted by Gasteiger charge is 2.32. The maximum absolute atomic E-state index is 12.1. The standard InChI is InChI=1S/C14H23N3O3S/c1-14(2)10-20-8-7-17(14)13-6-5-11(9-12(13)15)21(18,19)16(3)4/h5-6,9H,7-8,10,15H2,1-4H3. The van der Waals surface area contributed by atoms with E-state index in [2.05, 4.69) is 18.7 Å². The van der Waals surface area contributed by atoms with E-state index >= 15 is 0 Å². The summed E-state index contributed by atoms with van der Waals surface area (Å²) in [5.41, 5.74) is 7.25. The predicted octanol–water partition coefficient (Wildman–Crippen LogP) is 1.13. The molecule has 1 aliphatic rings. The molecule has 1 fully saturated rings. The van der Waals surface area contributed by atoms with Gasteiger partial charge in [-0.1, -0.05) is 0 Å². The van der Waals surface area contributed by atoms with Crippen LogP contribution >= 0.6 is 0 Å². The minimum absolute atomic E-state index is 0.172. The second kappa shape index (κ2) is 5.47. The second-order valence-corrected chi connectivity index (χ2v) is 8.18. The number of nitrogen functional groups attached to an aromatic ring is 1. The topological polar surface area (TPSA) is 75.9 Å². The van der Waals surface area contributed by atoms with E-state index in [1.807, 2.05) is 0 Å². The highest BCUT2D eigenvalue weighted by atomic mass is 32.2. The Balaban J connectivity index is 2.41. The Morgan fingerprint density at radius 3 is 2.52 bits per heavy atom. The molecular formula is C14H23N3O3S. The van der Waals surface area contributed by atoms with Crippen LogP contribution in [0.3, 0.4) is 0 Å². The van der Waals surface area contributed by atoms with Gasteiger partial charge in [-0.25, -0.2) is 12.7 Å². The quantitative estimate of drug-likeness (QED) is 0.847. The molecule has 0 saturated carbocycles. The number of nitrogens with two attached hydrogens (primary N) is 1. The summed E-state index contributed by atoms with van der Waals surface area (Å²) >= 11 is 0. The number of sulfonamides is 1. The molecule has 0 atom stereocenters. The maximum atomic E-state index is 12.1. The molecular weight excluding hydrogens is 290 g/mol. The van der Waals surface area contributed by atoms with Crippen molar-refractivity contribution >= 4 is 21.4 Å². The van der Waals surface area contributed by atoms with Gasteiger partial charge in [0.15, 0.2) is 0 Å². The summed E-state index contributed by atoms with van der Waals surface area (Å²) in [5, 5.41) is 0. The molecule has 1 heterocycles. The zero-order valence-corrected chi connectivity index (χ0v) is 13.8. The van der Waals surface area contributed by atoms with Crippen molar-refractivity contribution in [1.29, 1.82) is 0 Å². The summed E-state index contributed by atoms with van der Waals surface area (Å²) in [5.74, 6) is 0. The van der Waals surface area contributed by atoms with Gasteiger partial charge in [-0.3, -0.25) is 0 Å². The van der Waals surface area contributed by atoms with Gasteiger partial charge < -0.3 is 15.4 Å². The van der Waals surface area contributed by atoms with Crippen molar-refractivity contribution in [3.05, 3.63) is 18.2 Å². The van der Waals surface area contributed by atoms with Crippen LogP contribution in [0.1, 0.15) is 13.8 Å². The van der Waals surface area contributed by atoms with Crippen LogP contribution in [-0.2, 0) is 14.8 Å². The van der Waals surface area contributed by atoms with E-state index in [1.54, 1.807) is 12.1 Å². The zero-order valence-electron chi connectivity index (χ0n) is 13.0. The van der Waals surface area contributed by atoms with Crippen LogP contribution in [-0.4, -0.2) is 52.1 Å². The van der Waals surface area contributed by atoms with Gasteiger partial charge in [0.2, 0.25) is 10.0 Å². The Morgan fingerprint density at radius 1 is 1.33 bits per heavy atom. The average molecular weight is 313 g/mol. The van der Waals surface area contributed by atoms with Crippen molar-refractivity contribution in [3.63, 3.8) is 0 Å². The molecule has 6 nitrogen and oxygen atoms in total. The number of morpholine rings is 1. The van der Waals surface area contributed by atoms with Crippen LogP contribution < -0.4 is 10.6 Å². The summed E-state index contributed by atoms with van der Waals surface area (Å²) in [6.45, 7) is 6.15. The SMILES string of the molecule is CN(C)S(=O)(=O)c1ccc(N2CCOCC2(C)C)c(N)c1. The van der Waals surface area contributed by atoms with Crippen molar-refractivity contribution in [2.75, 3.05) is 44.5 Å². The molecule has 0 bridgehead atoms. The molecule has 118 valence electrons. The molecule has 0 unspecified atom stereocenters. The normalized spacial score (nSPS) is 19.0. The fourth-order valence-electron chi connectivity index (χ4n) is 2.45. The minimum atomic E-state index is -3.47. The van der Waals surface area contributed by atoms with Crippen LogP contribution in [0.15, 0.2) is 23.1 Å². The second-order valence-electron chi connectivity index (χ2n) is 6.02. The average Bonchev–Trinajstić information content (AvgIpc) is 2.38. The third kappa shape index (κ3) is 3.00. The molecule has 0 radical (unpaired) electrons. The van der Waals surface area contributed by atoms with Gasteiger partial charge in [-0.05, 0) is 32.0 Å². The van der Waals surface area contributed by atoms with E-state index in [9.17, 15) is 8.42 Å². The Morgan fingerprint density at radius 2 is 2.00 bits per heavy atom. The van der Waals surface area contributed by atoms with Crippen molar-refractivity contribution in [3.8, 4) is 0 Å². The molecule has 1 aromatic carbocycles. The van der Waals surface area contributed by atoms with E-state index in [4.69, 9.17) is 10.5 Å². The summed E-state index contributed by atoms with van der Waals surface area (Å²) in [4.78, 5) is 2.37. The van der Waals surface area contributed by atoms with Crippen molar-refractivity contribution < 1.29 is 13.2 Å². The zero-order chi connectivity index (χ0) is 15.8. The Kier molecular flexibility index (Phi) is 4.19. The molecule has 7 heteroatoms. The molecule has 1 aliphatic heterocycles. The van der Waals surface area contributed by atoms with E-state index in [0.717, 1.165) is 12.2 Å². The van der Waals surface area contributed by atoms with Crippen LogP contribution in [0.4, 0.5) is 11.4 Å². The Bertz CT molecular complexity index is 626. The van der Waals surface area contributed by atoms with E-state index in [0.29, 0.717) is 18.9 Å². The number of rotatable bonds is 3. The monoisotopic (exact) mass is 313 g/mol. The lowest BCUT2D eigenvalue weighted by Gasteiger charge is -2.44. The summed E-state index contributed by atoms with van der Waals surface area (Å²) in [7, 11) is -0.457. The Labute approximate surface area is 126 Å². The molecule has 0 aromatic heterocycles. The molecule has 1 aromatic rings. The number of anilines is 2. The van der Waals surface area contributed by atoms with E-state index < -0.39 is 10.0 Å². The first-order chi connectivity index (χ1) is 9.66. The molecule has 2 N–H and O–H groups in total. The van der Waals surface area contributed by atoms with Gasteiger partial charge >= 0.3 is 0 Å².